The van der Waals surface area contributed by atoms with Crippen LogP contribution in [0.15, 0.2) is 28.9 Å². The third-order valence-corrected chi connectivity index (χ3v) is 2.60. The third kappa shape index (κ3) is 1.70. The molecule has 0 saturated heterocycles. The van der Waals surface area contributed by atoms with Crippen molar-refractivity contribution in [2.24, 2.45) is 0 Å². The molecule has 1 atom stereocenters. The van der Waals surface area contributed by atoms with Crippen LogP contribution in [0.25, 0.3) is 11.0 Å². The van der Waals surface area contributed by atoms with Gasteiger partial charge in [0, 0.05) is 17.9 Å². The molecule has 0 amide bonds. The van der Waals surface area contributed by atoms with Crippen LogP contribution in [-0.4, -0.2) is 18.8 Å². The highest BCUT2D eigenvalue weighted by molar-refractivity contribution is 5.84. The third-order valence-electron chi connectivity index (χ3n) is 2.60. The summed E-state index contributed by atoms with van der Waals surface area (Å²) in [6, 6.07) is 5.82. The average Bonchev–Trinajstić information content (AvgIpc) is 2.74. The van der Waals surface area contributed by atoms with Gasteiger partial charge in [0.1, 0.15) is 0 Å². The summed E-state index contributed by atoms with van der Waals surface area (Å²) in [5, 5.41) is 10.1. The Labute approximate surface area is 88.3 Å². The molecule has 1 aromatic heterocycles. The number of ether oxygens (including phenoxy) is 1. The highest BCUT2D eigenvalue weighted by Gasteiger charge is 2.11. The van der Waals surface area contributed by atoms with Crippen LogP contribution in [0.3, 0.4) is 0 Å². The first-order chi connectivity index (χ1) is 7.26. The molecular weight excluding hydrogens is 192 g/mol. The maximum atomic E-state index is 9.11. The van der Waals surface area contributed by atoms with Crippen molar-refractivity contribution < 1.29 is 14.3 Å². The van der Waals surface area contributed by atoms with Gasteiger partial charge in [-0.25, -0.2) is 0 Å². The van der Waals surface area contributed by atoms with Crippen molar-refractivity contribution in [2.75, 3.05) is 13.7 Å². The second kappa shape index (κ2) is 3.95. The number of aliphatic hydroxyl groups is 1. The summed E-state index contributed by atoms with van der Waals surface area (Å²) in [6.07, 6.45) is 1.64. The van der Waals surface area contributed by atoms with Crippen LogP contribution in [0, 0.1) is 0 Å². The Morgan fingerprint density at radius 2 is 2.27 bits per heavy atom. The summed E-state index contributed by atoms with van der Waals surface area (Å²) in [5.41, 5.74) is 1.81. The zero-order valence-electron chi connectivity index (χ0n) is 8.86. The van der Waals surface area contributed by atoms with Crippen molar-refractivity contribution >= 4 is 11.0 Å². The van der Waals surface area contributed by atoms with E-state index in [9.17, 15) is 0 Å². The van der Waals surface area contributed by atoms with Crippen molar-refractivity contribution in [2.45, 2.75) is 12.8 Å². The van der Waals surface area contributed by atoms with Gasteiger partial charge in [-0.1, -0.05) is 6.92 Å². The van der Waals surface area contributed by atoms with Gasteiger partial charge in [0.2, 0.25) is 0 Å². The predicted molar refractivity (Wildman–Crippen MR) is 58.3 cm³/mol. The van der Waals surface area contributed by atoms with Crippen LogP contribution in [0.1, 0.15) is 18.4 Å². The minimum absolute atomic E-state index is 0.109. The van der Waals surface area contributed by atoms with Gasteiger partial charge < -0.3 is 14.3 Å². The molecule has 0 spiro atoms. The van der Waals surface area contributed by atoms with E-state index in [1.165, 1.54) is 0 Å². The van der Waals surface area contributed by atoms with Crippen molar-refractivity contribution in [1.29, 1.82) is 0 Å². The van der Waals surface area contributed by atoms with Crippen LogP contribution in [0.5, 0.6) is 5.75 Å². The Bertz CT molecular complexity index is 459. The maximum Gasteiger partial charge on any atom is 0.175 e. The molecule has 0 saturated carbocycles. The Morgan fingerprint density at radius 1 is 1.47 bits per heavy atom. The largest absolute Gasteiger partial charge is 0.493 e. The van der Waals surface area contributed by atoms with Gasteiger partial charge in [0.05, 0.1) is 13.4 Å². The fraction of sp³-hybridized carbons (Fsp3) is 0.333. The number of hydrogen-bond donors (Lipinski definition) is 1. The molecule has 0 aliphatic carbocycles. The molecule has 1 N–H and O–H groups in total. The van der Waals surface area contributed by atoms with Gasteiger partial charge in [-0.2, -0.15) is 0 Å². The van der Waals surface area contributed by atoms with E-state index >= 15 is 0 Å². The zero-order valence-corrected chi connectivity index (χ0v) is 8.86. The first kappa shape index (κ1) is 10.1. The smallest absolute Gasteiger partial charge is 0.175 e. The van der Waals surface area contributed by atoms with Gasteiger partial charge in [0.15, 0.2) is 11.3 Å². The lowest BCUT2D eigenvalue weighted by Gasteiger charge is -2.10. The van der Waals surface area contributed by atoms with Gasteiger partial charge in [-0.3, -0.25) is 0 Å². The normalized spacial score (nSPS) is 13.0. The Kier molecular flexibility index (Phi) is 2.64. The van der Waals surface area contributed by atoms with E-state index in [4.69, 9.17) is 14.3 Å². The first-order valence-corrected chi connectivity index (χ1v) is 4.92. The van der Waals surface area contributed by atoms with Gasteiger partial charge in [-0.05, 0) is 23.8 Å². The molecule has 80 valence electrons. The second-order valence-electron chi connectivity index (χ2n) is 3.65. The summed E-state index contributed by atoms with van der Waals surface area (Å²) < 4.78 is 10.6. The quantitative estimate of drug-likeness (QED) is 0.839. The van der Waals surface area contributed by atoms with Crippen molar-refractivity contribution in [3.63, 3.8) is 0 Å². The minimum atomic E-state index is 0.109. The second-order valence-corrected chi connectivity index (χ2v) is 3.65. The van der Waals surface area contributed by atoms with Gasteiger partial charge >= 0.3 is 0 Å². The molecule has 2 aromatic rings. The Hall–Kier alpha value is -1.48. The monoisotopic (exact) mass is 206 g/mol. The fourth-order valence-electron chi connectivity index (χ4n) is 1.61. The Balaban J connectivity index is 2.58. The molecule has 0 aliphatic rings. The topological polar surface area (TPSA) is 42.6 Å². The molecular formula is C12H14O3. The van der Waals surface area contributed by atoms with Crippen LogP contribution in [0.2, 0.25) is 0 Å². The maximum absolute atomic E-state index is 9.11. The molecule has 0 radical (unpaired) electrons. The van der Waals surface area contributed by atoms with Crippen LogP contribution < -0.4 is 4.74 Å². The summed E-state index contributed by atoms with van der Waals surface area (Å²) in [6.45, 7) is 2.10. The molecule has 0 aliphatic heterocycles. The van der Waals surface area contributed by atoms with E-state index in [1.807, 2.05) is 25.1 Å². The van der Waals surface area contributed by atoms with Crippen molar-refractivity contribution in [3.8, 4) is 5.75 Å². The number of rotatable bonds is 3. The summed E-state index contributed by atoms with van der Waals surface area (Å²) in [4.78, 5) is 0. The number of hydrogen-bond acceptors (Lipinski definition) is 3. The number of methoxy groups -OCH3 is 1. The molecule has 0 bridgehead atoms. The lowest BCUT2D eigenvalue weighted by molar-refractivity contribution is 0.273. The van der Waals surface area contributed by atoms with E-state index in [0.29, 0.717) is 5.75 Å². The van der Waals surface area contributed by atoms with E-state index < -0.39 is 0 Å². The lowest BCUT2D eigenvalue weighted by Crippen LogP contribution is -1.99. The highest BCUT2D eigenvalue weighted by atomic mass is 16.5. The molecule has 1 aromatic carbocycles. The number of benzene rings is 1. The molecule has 15 heavy (non-hydrogen) atoms. The van der Waals surface area contributed by atoms with Crippen molar-refractivity contribution in [3.05, 3.63) is 30.0 Å². The molecule has 3 nitrogen and oxygen atoms in total. The molecule has 2 rings (SSSR count). The van der Waals surface area contributed by atoms with Gasteiger partial charge in [0.25, 0.3) is 0 Å². The predicted octanol–water partition coefficient (Wildman–Crippen LogP) is 2.54. The SMILES string of the molecule is COc1cc(C(C)CO)cc2ccoc12. The number of aliphatic hydroxyl groups excluding tert-OH is 1. The summed E-state index contributed by atoms with van der Waals surface area (Å²) in [5.74, 6) is 0.825. The molecule has 3 heteroatoms. The van der Waals surface area contributed by atoms with Crippen molar-refractivity contribution in [1.82, 2.24) is 0 Å². The van der Waals surface area contributed by atoms with E-state index in [2.05, 4.69) is 0 Å². The molecule has 1 heterocycles. The standard InChI is InChI=1S/C12H14O3/c1-8(7-13)10-5-9-3-4-15-12(9)11(6-10)14-2/h3-6,8,13H,7H2,1-2H3. The van der Waals surface area contributed by atoms with E-state index in [-0.39, 0.29) is 12.5 Å². The van der Waals surface area contributed by atoms with Gasteiger partial charge in [-0.15, -0.1) is 0 Å². The minimum Gasteiger partial charge on any atom is -0.493 e. The van der Waals surface area contributed by atoms with E-state index in [0.717, 1.165) is 16.5 Å². The molecule has 0 fully saturated rings. The van der Waals surface area contributed by atoms with Crippen LogP contribution in [-0.2, 0) is 0 Å². The van der Waals surface area contributed by atoms with Crippen LogP contribution >= 0.6 is 0 Å². The highest BCUT2D eigenvalue weighted by Crippen LogP contribution is 2.31. The number of fused-ring (bicyclic) bond motifs is 1. The molecule has 1 unspecified atom stereocenters. The van der Waals surface area contributed by atoms with Crippen LogP contribution in [0.4, 0.5) is 0 Å². The Morgan fingerprint density at radius 3 is 2.93 bits per heavy atom. The fourth-order valence-corrected chi connectivity index (χ4v) is 1.61. The lowest BCUT2D eigenvalue weighted by atomic mass is 10.0. The first-order valence-electron chi connectivity index (χ1n) is 4.92. The summed E-state index contributed by atoms with van der Waals surface area (Å²) >= 11 is 0. The average molecular weight is 206 g/mol. The van der Waals surface area contributed by atoms with E-state index in [1.54, 1.807) is 13.4 Å². The summed E-state index contributed by atoms with van der Waals surface area (Å²) in [7, 11) is 1.62. The zero-order chi connectivity index (χ0) is 10.8. The number of furan rings is 1.